The predicted molar refractivity (Wildman–Crippen MR) is 110 cm³/mol. The van der Waals surface area contributed by atoms with Gasteiger partial charge in [0.25, 0.3) is 0 Å². The number of nitrogens with zero attached hydrogens (tertiary/aromatic N) is 4. The zero-order valence-corrected chi connectivity index (χ0v) is 16.4. The zero-order chi connectivity index (χ0) is 19.8. The van der Waals surface area contributed by atoms with Crippen molar-refractivity contribution in [2.45, 2.75) is 38.9 Å². The van der Waals surface area contributed by atoms with Gasteiger partial charge in [-0.1, -0.05) is 12.1 Å². The smallest absolute Gasteiger partial charge is 0.226 e. The molecule has 148 valence electrons. The molecule has 1 fully saturated rings. The van der Waals surface area contributed by atoms with Crippen LogP contribution in [-0.2, 0) is 13.1 Å². The average molecular weight is 390 g/mol. The topological polar surface area (TPSA) is 47.1 Å². The minimum Gasteiger partial charge on any atom is -0.444 e. The van der Waals surface area contributed by atoms with E-state index in [2.05, 4.69) is 21.9 Å². The lowest BCUT2D eigenvalue weighted by Crippen LogP contribution is -2.26. The number of hydrogen-bond donors (Lipinski definition) is 0. The zero-order valence-electron chi connectivity index (χ0n) is 16.4. The monoisotopic (exact) mass is 390 g/mol. The fraction of sp³-hybridized carbons (Fsp3) is 0.304. The van der Waals surface area contributed by atoms with Crippen molar-refractivity contribution in [1.29, 1.82) is 0 Å². The van der Waals surface area contributed by atoms with Crippen molar-refractivity contribution < 1.29 is 8.81 Å². The number of rotatable bonds is 5. The normalized spacial score (nSPS) is 17.4. The highest BCUT2D eigenvalue weighted by Crippen LogP contribution is 2.23. The third-order valence-corrected chi connectivity index (χ3v) is 5.75. The molecule has 5 rings (SSSR count). The number of oxazole rings is 1. The van der Waals surface area contributed by atoms with Crippen molar-refractivity contribution >= 4 is 10.9 Å². The molecule has 0 radical (unpaired) electrons. The number of halogens is 1. The molecule has 0 amide bonds. The van der Waals surface area contributed by atoms with Gasteiger partial charge in [-0.15, -0.1) is 0 Å². The van der Waals surface area contributed by atoms with Crippen molar-refractivity contribution in [3.05, 3.63) is 72.0 Å². The van der Waals surface area contributed by atoms with Gasteiger partial charge in [-0.25, -0.2) is 9.37 Å². The molecule has 1 saturated heterocycles. The summed E-state index contributed by atoms with van der Waals surface area (Å²) in [5.74, 6) is 0.391. The molecular weight excluding hydrogens is 367 g/mol. The molecule has 0 aliphatic carbocycles. The standard InChI is InChI=1S/C23H23FN4O/c1-16-3-2-10-27(16)14-21-15-29-23(26-21)18-6-4-17(5-7-18)13-28-22-11-20(24)9-8-19(22)12-25-28/h4-9,11-12,15-16H,2-3,10,13-14H2,1H3/t16-/m0/s1. The van der Waals surface area contributed by atoms with Crippen LogP contribution in [0.3, 0.4) is 0 Å². The Hall–Kier alpha value is -2.99. The molecule has 3 heterocycles. The summed E-state index contributed by atoms with van der Waals surface area (Å²) in [4.78, 5) is 7.11. The summed E-state index contributed by atoms with van der Waals surface area (Å²) in [7, 11) is 0. The van der Waals surface area contributed by atoms with Crippen LogP contribution < -0.4 is 0 Å². The first-order valence-corrected chi connectivity index (χ1v) is 10.0. The van der Waals surface area contributed by atoms with Crippen LogP contribution in [-0.4, -0.2) is 32.3 Å². The third kappa shape index (κ3) is 3.68. The van der Waals surface area contributed by atoms with Gasteiger partial charge in [0, 0.05) is 23.5 Å². The number of likely N-dealkylation sites (tertiary alicyclic amines) is 1. The first-order valence-electron chi connectivity index (χ1n) is 10.0. The molecule has 0 unspecified atom stereocenters. The molecule has 29 heavy (non-hydrogen) atoms. The van der Waals surface area contributed by atoms with Crippen molar-refractivity contribution in [2.24, 2.45) is 0 Å². The lowest BCUT2D eigenvalue weighted by molar-refractivity contribution is 0.257. The quantitative estimate of drug-likeness (QED) is 0.488. The van der Waals surface area contributed by atoms with E-state index in [1.807, 2.05) is 28.9 Å². The molecule has 1 aliphatic heterocycles. The van der Waals surface area contributed by atoms with E-state index in [9.17, 15) is 4.39 Å². The number of hydrogen-bond acceptors (Lipinski definition) is 4. The fourth-order valence-electron chi connectivity index (χ4n) is 4.04. The van der Waals surface area contributed by atoms with Crippen LogP contribution in [0, 0.1) is 5.82 Å². The molecule has 2 aromatic heterocycles. The van der Waals surface area contributed by atoms with Crippen LogP contribution >= 0.6 is 0 Å². The van der Waals surface area contributed by atoms with E-state index in [0.717, 1.165) is 40.8 Å². The fourth-order valence-corrected chi connectivity index (χ4v) is 4.04. The summed E-state index contributed by atoms with van der Waals surface area (Å²) in [6.45, 7) is 4.82. The summed E-state index contributed by atoms with van der Waals surface area (Å²) in [5.41, 5.74) is 3.80. The van der Waals surface area contributed by atoms with Gasteiger partial charge < -0.3 is 4.42 Å². The SMILES string of the molecule is C[C@H]1CCCN1Cc1coc(-c2ccc(Cn3ncc4ccc(F)cc43)cc2)n1. The molecule has 6 heteroatoms. The van der Waals surface area contributed by atoms with E-state index in [1.165, 1.54) is 25.0 Å². The van der Waals surface area contributed by atoms with Crippen LogP contribution in [0.5, 0.6) is 0 Å². The van der Waals surface area contributed by atoms with Crippen molar-refractivity contribution in [2.75, 3.05) is 6.54 Å². The van der Waals surface area contributed by atoms with Crippen LogP contribution in [0.25, 0.3) is 22.4 Å². The molecule has 2 aromatic carbocycles. The lowest BCUT2D eigenvalue weighted by Gasteiger charge is -2.18. The molecule has 4 aromatic rings. The number of aromatic nitrogens is 3. The van der Waals surface area contributed by atoms with E-state index in [-0.39, 0.29) is 5.82 Å². The molecular formula is C23H23FN4O. The largest absolute Gasteiger partial charge is 0.444 e. The van der Waals surface area contributed by atoms with Crippen LogP contribution in [0.1, 0.15) is 31.0 Å². The van der Waals surface area contributed by atoms with E-state index >= 15 is 0 Å². The summed E-state index contributed by atoms with van der Waals surface area (Å²) in [6.07, 6.45) is 6.03. The first kappa shape index (κ1) is 18.1. The van der Waals surface area contributed by atoms with Crippen molar-refractivity contribution in [3.8, 4) is 11.5 Å². The predicted octanol–water partition coefficient (Wildman–Crippen LogP) is 4.86. The van der Waals surface area contributed by atoms with Gasteiger partial charge in [-0.3, -0.25) is 9.58 Å². The van der Waals surface area contributed by atoms with Crippen LogP contribution in [0.4, 0.5) is 4.39 Å². The Balaban J connectivity index is 1.30. The van der Waals surface area contributed by atoms with Crippen LogP contribution in [0.15, 0.2) is 59.3 Å². The maximum absolute atomic E-state index is 13.6. The molecule has 1 atom stereocenters. The minimum atomic E-state index is -0.252. The molecule has 0 spiro atoms. The summed E-state index contributed by atoms with van der Waals surface area (Å²) in [6, 6.07) is 13.4. The van der Waals surface area contributed by atoms with Gasteiger partial charge in [0.1, 0.15) is 12.1 Å². The van der Waals surface area contributed by atoms with E-state index < -0.39 is 0 Å². The van der Waals surface area contributed by atoms with E-state index in [0.29, 0.717) is 18.5 Å². The lowest BCUT2D eigenvalue weighted by atomic mass is 10.1. The summed E-state index contributed by atoms with van der Waals surface area (Å²) in [5, 5.41) is 5.32. The average Bonchev–Trinajstić information content (AvgIpc) is 3.45. The Bertz CT molecular complexity index is 1130. The van der Waals surface area contributed by atoms with Crippen LogP contribution in [0.2, 0.25) is 0 Å². The highest BCUT2D eigenvalue weighted by Gasteiger charge is 2.21. The second kappa shape index (κ2) is 7.44. The molecule has 5 nitrogen and oxygen atoms in total. The Kier molecular flexibility index (Phi) is 4.64. The van der Waals surface area contributed by atoms with E-state index in [4.69, 9.17) is 4.42 Å². The minimum absolute atomic E-state index is 0.252. The van der Waals surface area contributed by atoms with Crippen molar-refractivity contribution in [3.63, 3.8) is 0 Å². The Morgan fingerprint density at radius 1 is 1.14 bits per heavy atom. The number of fused-ring (bicyclic) bond motifs is 1. The van der Waals surface area contributed by atoms with Gasteiger partial charge in [0.05, 0.1) is 24.0 Å². The maximum Gasteiger partial charge on any atom is 0.226 e. The highest BCUT2D eigenvalue weighted by atomic mass is 19.1. The Morgan fingerprint density at radius 2 is 2.00 bits per heavy atom. The summed E-state index contributed by atoms with van der Waals surface area (Å²) < 4.78 is 21.1. The second-order valence-electron chi connectivity index (χ2n) is 7.81. The molecule has 0 N–H and O–H groups in total. The molecule has 1 aliphatic rings. The summed E-state index contributed by atoms with van der Waals surface area (Å²) >= 11 is 0. The molecule has 0 saturated carbocycles. The van der Waals surface area contributed by atoms with Gasteiger partial charge >= 0.3 is 0 Å². The maximum atomic E-state index is 13.6. The number of benzene rings is 2. The highest BCUT2D eigenvalue weighted by molar-refractivity contribution is 5.78. The Labute approximate surface area is 168 Å². The second-order valence-corrected chi connectivity index (χ2v) is 7.81. The molecule has 0 bridgehead atoms. The van der Waals surface area contributed by atoms with Gasteiger partial charge in [0.15, 0.2) is 0 Å². The van der Waals surface area contributed by atoms with Crippen molar-refractivity contribution in [1.82, 2.24) is 19.7 Å². The van der Waals surface area contributed by atoms with E-state index in [1.54, 1.807) is 18.5 Å². The van der Waals surface area contributed by atoms with Gasteiger partial charge in [-0.05, 0) is 62.2 Å². The van der Waals surface area contributed by atoms with Gasteiger partial charge in [0.2, 0.25) is 5.89 Å². The Morgan fingerprint density at radius 3 is 2.79 bits per heavy atom. The third-order valence-electron chi connectivity index (χ3n) is 5.75. The first-order chi connectivity index (χ1) is 14.2. The van der Waals surface area contributed by atoms with Gasteiger partial charge in [-0.2, -0.15) is 5.10 Å².